The smallest absolute Gasteiger partial charge is 0.284 e. The number of Topliss-reactive ketones (excluding diaryl/α,β-unsaturated/α-hetero) is 1. The monoisotopic (exact) mass is 236 g/mol. The topological polar surface area (TPSA) is 17.1 Å². The fraction of sp³-hybridized carbons (Fsp3) is 0.500. The summed E-state index contributed by atoms with van der Waals surface area (Å²) in [5.74, 6) is -2.16. The van der Waals surface area contributed by atoms with Gasteiger partial charge in [0.1, 0.15) is 0 Å². The summed E-state index contributed by atoms with van der Waals surface area (Å²) in [5, 5.41) is 0. The van der Waals surface area contributed by atoms with Crippen molar-refractivity contribution in [1.82, 2.24) is 0 Å². The van der Waals surface area contributed by atoms with Crippen LogP contribution >= 0.6 is 11.6 Å². The van der Waals surface area contributed by atoms with Gasteiger partial charge >= 0.3 is 6.18 Å². The van der Waals surface area contributed by atoms with Crippen LogP contribution in [0.5, 0.6) is 0 Å². The Kier molecular flexibility index (Phi) is 2.41. The minimum absolute atomic E-state index is 0.00264. The molecular formula is C10H8ClF3O. The molecule has 0 amide bonds. The van der Waals surface area contributed by atoms with E-state index in [4.69, 9.17) is 11.6 Å². The van der Waals surface area contributed by atoms with E-state index in [2.05, 4.69) is 0 Å². The van der Waals surface area contributed by atoms with E-state index < -0.39 is 12.0 Å². The van der Waals surface area contributed by atoms with Crippen molar-refractivity contribution in [3.63, 3.8) is 0 Å². The Bertz CT molecular complexity index is 367. The van der Waals surface area contributed by atoms with Crippen LogP contribution < -0.4 is 0 Å². The fourth-order valence-electron chi connectivity index (χ4n) is 2.25. The van der Waals surface area contributed by atoms with Crippen molar-refractivity contribution < 1.29 is 18.0 Å². The Labute approximate surface area is 89.6 Å². The van der Waals surface area contributed by atoms with Crippen molar-refractivity contribution in [1.29, 1.82) is 0 Å². The normalized spacial score (nSPS) is 29.1. The molecule has 15 heavy (non-hydrogen) atoms. The van der Waals surface area contributed by atoms with Crippen LogP contribution in [0.15, 0.2) is 23.3 Å². The number of hydrogen-bond donors (Lipinski definition) is 0. The molecule has 2 aliphatic rings. The third-order valence-electron chi connectivity index (χ3n) is 2.89. The van der Waals surface area contributed by atoms with Gasteiger partial charge in [0, 0.05) is 23.3 Å². The van der Waals surface area contributed by atoms with Crippen LogP contribution in [0.4, 0.5) is 13.2 Å². The number of fused-ring (bicyclic) bond motifs is 2. The van der Waals surface area contributed by atoms with E-state index in [9.17, 15) is 18.0 Å². The van der Waals surface area contributed by atoms with Crippen molar-refractivity contribution in [2.24, 2.45) is 11.8 Å². The molecule has 0 saturated heterocycles. The summed E-state index contributed by atoms with van der Waals surface area (Å²) in [4.78, 5) is 11.2. The van der Waals surface area contributed by atoms with Crippen LogP contribution in [0.3, 0.4) is 0 Å². The summed E-state index contributed by atoms with van der Waals surface area (Å²) in [6.45, 7) is 0. The molecule has 0 N–H and O–H groups in total. The third-order valence-corrected chi connectivity index (χ3v) is 3.18. The summed E-state index contributed by atoms with van der Waals surface area (Å²) >= 11 is 5.58. The first-order valence-corrected chi connectivity index (χ1v) is 5.07. The van der Waals surface area contributed by atoms with Gasteiger partial charge in [-0.3, -0.25) is 4.79 Å². The first-order valence-electron chi connectivity index (χ1n) is 4.54. The molecule has 0 aromatic carbocycles. The van der Waals surface area contributed by atoms with Gasteiger partial charge in [0.05, 0.1) is 0 Å². The number of allylic oxidation sites excluding steroid dienone is 4. The molecule has 0 saturated carbocycles. The SMILES string of the molecule is O=C(C1=C(CCl)C2C=CC1C2)C(F)(F)F. The van der Waals surface area contributed by atoms with Crippen LogP contribution in [0.1, 0.15) is 6.42 Å². The standard InChI is InChI=1S/C10H8ClF3O/c11-4-7-5-1-2-6(3-5)8(7)9(15)10(12,13)14/h1-2,5-6H,3-4H2. The molecule has 1 nitrogen and oxygen atoms in total. The zero-order valence-electron chi connectivity index (χ0n) is 7.64. The first kappa shape index (κ1) is 10.7. The summed E-state index contributed by atoms with van der Waals surface area (Å²) in [5.41, 5.74) is 0.330. The second-order valence-electron chi connectivity index (χ2n) is 3.73. The highest BCUT2D eigenvalue weighted by atomic mass is 35.5. The molecule has 2 atom stereocenters. The molecule has 0 heterocycles. The maximum Gasteiger partial charge on any atom is 0.454 e. The number of ketones is 1. The van der Waals surface area contributed by atoms with E-state index in [1.807, 2.05) is 6.08 Å². The van der Waals surface area contributed by atoms with Gasteiger partial charge in [-0.2, -0.15) is 13.2 Å². The van der Waals surface area contributed by atoms with Gasteiger partial charge in [-0.05, 0) is 12.0 Å². The average molecular weight is 237 g/mol. The maximum absolute atomic E-state index is 12.3. The molecule has 5 heteroatoms. The van der Waals surface area contributed by atoms with Gasteiger partial charge < -0.3 is 0 Å². The molecule has 0 aromatic rings. The van der Waals surface area contributed by atoms with E-state index in [1.165, 1.54) is 0 Å². The van der Waals surface area contributed by atoms with E-state index in [0.717, 1.165) is 0 Å². The minimum atomic E-state index is -4.79. The molecular weight excluding hydrogens is 229 g/mol. The number of halogens is 4. The van der Waals surface area contributed by atoms with Crippen molar-refractivity contribution >= 4 is 17.4 Å². The number of alkyl halides is 4. The zero-order valence-corrected chi connectivity index (χ0v) is 8.40. The largest absolute Gasteiger partial charge is 0.454 e. The second kappa shape index (κ2) is 3.37. The molecule has 0 fully saturated rings. The summed E-state index contributed by atoms with van der Waals surface area (Å²) < 4.78 is 36.9. The van der Waals surface area contributed by atoms with Crippen LogP contribution in [0, 0.1) is 11.8 Å². The van der Waals surface area contributed by atoms with Crippen molar-refractivity contribution in [2.45, 2.75) is 12.6 Å². The molecule has 0 spiro atoms. The highest BCUT2D eigenvalue weighted by molar-refractivity contribution is 6.20. The molecule has 2 aliphatic carbocycles. The molecule has 2 rings (SSSR count). The molecule has 0 aliphatic heterocycles. The number of rotatable bonds is 2. The van der Waals surface area contributed by atoms with Gasteiger partial charge in [0.25, 0.3) is 5.78 Å². The molecule has 2 unspecified atom stereocenters. The average Bonchev–Trinajstić information content (AvgIpc) is 2.73. The Hall–Kier alpha value is -0.770. The van der Waals surface area contributed by atoms with Crippen molar-refractivity contribution in [3.8, 4) is 0 Å². The lowest BCUT2D eigenvalue weighted by Crippen LogP contribution is -2.27. The van der Waals surface area contributed by atoms with E-state index in [-0.39, 0.29) is 23.3 Å². The first-order chi connectivity index (χ1) is 6.95. The molecule has 2 bridgehead atoms. The van der Waals surface area contributed by atoms with Crippen LogP contribution in [0.25, 0.3) is 0 Å². The van der Waals surface area contributed by atoms with Crippen LogP contribution in [0.2, 0.25) is 0 Å². The lowest BCUT2D eigenvalue weighted by atomic mass is 9.94. The minimum Gasteiger partial charge on any atom is -0.284 e. The van der Waals surface area contributed by atoms with E-state index in [0.29, 0.717) is 12.0 Å². The number of hydrogen-bond acceptors (Lipinski definition) is 1. The number of carbonyl (C=O) groups excluding carboxylic acids is 1. The van der Waals surface area contributed by atoms with Gasteiger partial charge in [0.2, 0.25) is 0 Å². The van der Waals surface area contributed by atoms with Gasteiger partial charge in [-0.1, -0.05) is 12.2 Å². The van der Waals surface area contributed by atoms with Crippen LogP contribution in [-0.4, -0.2) is 17.8 Å². The summed E-state index contributed by atoms with van der Waals surface area (Å²) in [6.07, 6.45) is -0.723. The van der Waals surface area contributed by atoms with Crippen molar-refractivity contribution in [3.05, 3.63) is 23.3 Å². The zero-order chi connectivity index (χ0) is 11.2. The highest BCUT2D eigenvalue weighted by Gasteiger charge is 2.48. The predicted octanol–water partition coefficient (Wildman–Crippen LogP) is 2.86. The van der Waals surface area contributed by atoms with Gasteiger partial charge in [-0.15, -0.1) is 11.6 Å². The molecule has 82 valence electrons. The quantitative estimate of drug-likeness (QED) is 0.532. The van der Waals surface area contributed by atoms with Crippen molar-refractivity contribution in [2.75, 3.05) is 5.88 Å². The summed E-state index contributed by atoms with van der Waals surface area (Å²) in [6, 6.07) is 0. The van der Waals surface area contributed by atoms with Gasteiger partial charge in [-0.25, -0.2) is 0 Å². The summed E-state index contributed by atoms with van der Waals surface area (Å²) in [7, 11) is 0. The van der Waals surface area contributed by atoms with Gasteiger partial charge in [0.15, 0.2) is 0 Å². The lowest BCUT2D eigenvalue weighted by molar-refractivity contribution is -0.166. The fourth-order valence-corrected chi connectivity index (χ4v) is 2.59. The Morgan fingerprint density at radius 1 is 1.40 bits per heavy atom. The third kappa shape index (κ3) is 1.61. The Morgan fingerprint density at radius 3 is 2.53 bits per heavy atom. The van der Waals surface area contributed by atoms with E-state index >= 15 is 0 Å². The maximum atomic E-state index is 12.3. The highest BCUT2D eigenvalue weighted by Crippen LogP contribution is 2.46. The molecule has 0 aromatic heterocycles. The van der Waals surface area contributed by atoms with E-state index in [1.54, 1.807) is 6.08 Å². The predicted molar refractivity (Wildman–Crippen MR) is 49.5 cm³/mol. The molecule has 0 radical (unpaired) electrons. The lowest BCUT2D eigenvalue weighted by Gasteiger charge is -2.14. The Balaban J connectivity index is 2.36. The Morgan fingerprint density at radius 2 is 2.00 bits per heavy atom. The van der Waals surface area contributed by atoms with Crippen LogP contribution in [-0.2, 0) is 4.79 Å². The number of carbonyl (C=O) groups is 1. The second-order valence-corrected chi connectivity index (χ2v) is 4.00.